The molecule has 0 amide bonds. The smallest absolute Gasteiger partial charge is 0.175 e. The van der Waals surface area contributed by atoms with E-state index >= 15 is 0 Å². The molecule has 0 unspecified atom stereocenters. The van der Waals surface area contributed by atoms with Crippen LogP contribution in [-0.4, -0.2) is 11.5 Å². The van der Waals surface area contributed by atoms with Crippen molar-refractivity contribution in [1.82, 2.24) is 0 Å². The van der Waals surface area contributed by atoms with Gasteiger partial charge in [0.1, 0.15) is 5.76 Å². The quantitative estimate of drug-likeness (QED) is 0.169. The van der Waals surface area contributed by atoms with Gasteiger partial charge in [-0.15, -0.1) is 0 Å². The predicted molar refractivity (Wildman–Crippen MR) is 165 cm³/mol. The van der Waals surface area contributed by atoms with E-state index in [-0.39, 0.29) is 11.7 Å². The SMILES string of the molecule is O=C(C1=CCC=C1C(=NCc1ccco1)C(c1ccccc1)c1ccccc1)C(c1ccccc1)c1ccccc1. The molecule has 0 N–H and O–H groups in total. The van der Waals surface area contributed by atoms with E-state index in [1.165, 1.54) is 0 Å². The third-order valence-corrected chi connectivity index (χ3v) is 7.53. The van der Waals surface area contributed by atoms with Crippen LogP contribution in [-0.2, 0) is 11.3 Å². The van der Waals surface area contributed by atoms with E-state index in [1.807, 2.05) is 84.9 Å². The number of furan rings is 1. The molecular formula is C38H31NO2. The molecule has 3 heteroatoms. The summed E-state index contributed by atoms with van der Waals surface area (Å²) in [7, 11) is 0. The minimum absolute atomic E-state index is 0.0803. The number of allylic oxidation sites excluding steroid dienone is 4. The summed E-state index contributed by atoms with van der Waals surface area (Å²) in [6.45, 7) is 0.387. The van der Waals surface area contributed by atoms with Gasteiger partial charge in [0.05, 0.1) is 30.4 Å². The van der Waals surface area contributed by atoms with Gasteiger partial charge in [-0.25, -0.2) is 0 Å². The van der Waals surface area contributed by atoms with Crippen LogP contribution >= 0.6 is 0 Å². The van der Waals surface area contributed by atoms with Crippen LogP contribution in [0, 0.1) is 0 Å². The highest BCUT2D eigenvalue weighted by Gasteiger charge is 2.33. The van der Waals surface area contributed by atoms with Crippen molar-refractivity contribution in [3.05, 3.63) is 191 Å². The molecule has 4 aromatic carbocycles. The Kier molecular flexibility index (Phi) is 7.95. The van der Waals surface area contributed by atoms with Crippen molar-refractivity contribution in [1.29, 1.82) is 0 Å². The fourth-order valence-corrected chi connectivity index (χ4v) is 5.63. The van der Waals surface area contributed by atoms with Gasteiger partial charge in [-0.2, -0.15) is 0 Å². The minimum Gasteiger partial charge on any atom is -0.467 e. The van der Waals surface area contributed by atoms with Crippen molar-refractivity contribution >= 4 is 11.5 Å². The normalized spacial score (nSPS) is 13.4. The van der Waals surface area contributed by atoms with E-state index in [2.05, 4.69) is 60.7 Å². The summed E-state index contributed by atoms with van der Waals surface area (Å²) >= 11 is 0. The van der Waals surface area contributed by atoms with E-state index in [0.717, 1.165) is 44.9 Å². The Balaban J connectivity index is 1.46. The first-order valence-corrected chi connectivity index (χ1v) is 14.0. The maximum atomic E-state index is 14.6. The van der Waals surface area contributed by atoms with Gasteiger partial charge in [-0.3, -0.25) is 9.79 Å². The Labute approximate surface area is 241 Å². The fraction of sp³-hybridized carbons (Fsp3) is 0.105. The molecule has 1 aliphatic carbocycles. The molecule has 0 spiro atoms. The highest BCUT2D eigenvalue weighted by atomic mass is 16.3. The molecule has 5 aromatic rings. The molecule has 3 nitrogen and oxygen atoms in total. The summed E-state index contributed by atoms with van der Waals surface area (Å²) in [5, 5.41) is 0. The first-order valence-electron chi connectivity index (χ1n) is 14.0. The molecule has 0 bridgehead atoms. The van der Waals surface area contributed by atoms with Gasteiger partial charge < -0.3 is 4.42 Å². The third-order valence-electron chi connectivity index (χ3n) is 7.53. The largest absolute Gasteiger partial charge is 0.467 e. The highest BCUT2D eigenvalue weighted by molar-refractivity contribution is 6.20. The molecule has 0 fully saturated rings. The zero-order valence-corrected chi connectivity index (χ0v) is 22.8. The average molecular weight is 534 g/mol. The van der Waals surface area contributed by atoms with Gasteiger partial charge in [0, 0.05) is 11.1 Å². The molecule has 0 aliphatic heterocycles. The number of benzene rings is 4. The van der Waals surface area contributed by atoms with Gasteiger partial charge in [0.2, 0.25) is 0 Å². The van der Waals surface area contributed by atoms with Crippen molar-refractivity contribution in [3.8, 4) is 0 Å². The van der Waals surface area contributed by atoms with Crippen LogP contribution in [0.3, 0.4) is 0 Å². The predicted octanol–water partition coefficient (Wildman–Crippen LogP) is 8.71. The van der Waals surface area contributed by atoms with Gasteiger partial charge in [-0.1, -0.05) is 133 Å². The number of carbonyl (C=O) groups is 1. The molecule has 0 saturated heterocycles. The summed E-state index contributed by atoms with van der Waals surface area (Å²) in [6, 6.07) is 44.8. The number of Topliss-reactive ketones (excluding diaryl/α,β-unsaturated/α-hetero) is 1. The molecule has 1 aliphatic rings. The Hall–Kier alpha value is -5.02. The van der Waals surface area contributed by atoms with Crippen LogP contribution < -0.4 is 0 Å². The lowest BCUT2D eigenvalue weighted by atomic mass is 9.78. The molecule has 41 heavy (non-hydrogen) atoms. The summed E-state index contributed by atoms with van der Waals surface area (Å²) in [4.78, 5) is 19.8. The second-order valence-electron chi connectivity index (χ2n) is 10.1. The third kappa shape index (κ3) is 5.80. The first-order chi connectivity index (χ1) is 20.3. The molecule has 200 valence electrons. The number of carbonyl (C=O) groups excluding carboxylic acids is 1. The van der Waals surface area contributed by atoms with Crippen LogP contribution in [0.15, 0.2) is 172 Å². The molecular weight excluding hydrogens is 502 g/mol. The Morgan fingerprint density at radius 2 is 1.05 bits per heavy atom. The first kappa shape index (κ1) is 26.2. The van der Waals surface area contributed by atoms with Crippen molar-refractivity contribution < 1.29 is 9.21 Å². The standard InChI is InChI=1S/C38H31NO2/c40-38(36(30-19-9-3-10-20-30)31-21-11-4-12-22-31)34-25-13-24-33(34)37(39-27-32-23-14-26-41-32)35(28-15-5-1-6-16-28)29-17-7-2-8-18-29/h1-12,14-26,35-36H,13,27H2. The maximum Gasteiger partial charge on any atom is 0.175 e. The maximum absolute atomic E-state index is 14.6. The van der Waals surface area contributed by atoms with Crippen LogP contribution in [0.5, 0.6) is 0 Å². The lowest BCUT2D eigenvalue weighted by Gasteiger charge is -2.25. The van der Waals surface area contributed by atoms with E-state index < -0.39 is 5.92 Å². The fourth-order valence-electron chi connectivity index (χ4n) is 5.63. The molecule has 6 rings (SSSR count). The molecule has 0 radical (unpaired) electrons. The van der Waals surface area contributed by atoms with Crippen molar-refractivity contribution in [2.24, 2.45) is 4.99 Å². The second kappa shape index (κ2) is 12.4. The number of rotatable bonds is 10. The zero-order chi connectivity index (χ0) is 27.9. The molecule has 0 saturated carbocycles. The molecule has 0 atom stereocenters. The van der Waals surface area contributed by atoms with Crippen molar-refractivity contribution in [3.63, 3.8) is 0 Å². The Morgan fingerprint density at radius 3 is 1.51 bits per heavy atom. The van der Waals surface area contributed by atoms with E-state index in [1.54, 1.807) is 6.26 Å². The van der Waals surface area contributed by atoms with E-state index in [4.69, 9.17) is 9.41 Å². The van der Waals surface area contributed by atoms with Crippen molar-refractivity contribution in [2.45, 2.75) is 24.8 Å². The van der Waals surface area contributed by atoms with Crippen molar-refractivity contribution in [2.75, 3.05) is 0 Å². The van der Waals surface area contributed by atoms with Gasteiger partial charge in [0.25, 0.3) is 0 Å². The van der Waals surface area contributed by atoms with Crippen LogP contribution in [0.1, 0.15) is 46.3 Å². The monoisotopic (exact) mass is 533 g/mol. The van der Waals surface area contributed by atoms with Crippen LogP contribution in [0.4, 0.5) is 0 Å². The number of aliphatic imine (C=N–C) groups is 1. The molecule has 1 heterocycles. The van der Waals surface area contributed by atoms with Gasteiger partial charge >= 0.3 is 0 Å². The number of ketones is 1. The number of hydrogen-bond donors (Lipinski definition) is 0. The Bertz CT molecular complexity index is 1590. The summed E-state index contributed by atoms with van der Waals surface area (Å²) in [5.74, 6) is 0.296. The summed E-state index contributed by atoms with van der Waals surface area (Å²) in [5.41, 5.74) is 6.70. The molecule has 1 aromatic heterocycles. The zero-order valence-electron chi connectivity index (χ0n) is 22.8. The number of nitrogens with zero attached hydrogens (tertiary/aromatic N) is 1. The summed E-state index contributed by atoms with van der Waals surface area (Å²) in [6.07, 6.45) is 6.57. The minimum atomic E-state index is -0.414. The number of hydrogen-bond acceptors (Lipinski definition) is 3. The van der Waals surface area contributed by atoms with Crippen LogP contribution in [0.25, 0.3) is 0 Å². The lowest BCUT2D eigenvalue weighted by Crippen LogP contribution is -2.23. The van der Waals surface area contributed by atoms with E-state index in [0.29, 0.717) is 13.0 Å². The van der Waals surface area contributed by atoms with Crippen LogP contribution in [0.2, 0.25) is 0 Å². The highest BCUT2D eigenvalue weighted by Crippen LogP contribution is 2.38. The Morgan fingerprint density at radius 1 is 0.585 bits per heavy atom. The average Bonchev–Trinajstić information content (AvgIpc) is 3.74. The van der Waals surface area contributed by atoms with Gasteiger partial charge in [-0.05, 0) is 40.8 Å². The summed E-state index contributed by atoms with van der Waals surface area (Å²) < 4.78 is 5.66. The topological polar surface area (TPSA) is 42.6 Å². The second-order valence-corrected chi connectivity index (χ2v) is 10.1. The van der Waals surface area contributed by atoms with Gasteiger partial charge in [0.15, 0.2) is 5.78 Å². The van der Waals surface area contributed by atoms with E-state index in [9.17, 15) is 4.79 Å². The lowest BCUT2D eigenvalue weighted by molar-refractivity contribution is -0.115.